The minimum atomic E-state index is 0.489. The average Bonchev–Trinajstić information content (AvgIpc) is 2.09. The molecule has 0 radical (unpaired) electrons. The predicted molar refractivity (Wildman–Crippen MR) is 72.9 cm³/mol. The van der Waals surface area contributed by atoms with Crippen molar-refractivity contribution in [1.82, 2.24) is 0 Å². The molecule has 0 aromatic heterocycles. The van der Waals surface area contributed by atoms with E-state index in [1.807, 2.05) is 0 Å². The molecule has 90 valence electrons. The molecule has 16 heavy (non-hydrogen) atoms. The van der Waals surface area contributed by atoms with Crippen LogP contribution in [0.25, 0.3) is 0 Å². The molecule has 0 saturated heterocycles. The number of rotatable bonds is 4. The molecule has 0 amide bonds. The lowest BCUT2D eigenvalue weighted by atomic mass is 9.89. The van der Waals surface area contributed by atoms with Gasteiger partial charge in [0.2, 0.25) is 0 Å². The number of aryl methyl sites for hydroxylation is 3. The SMILES string of the molecule is Cc1cc(C)cc(CCCCC(C)(C)C)c1. The first kappa shape index (κ1) is 13.3. The predicted octanol–water partition coefficient (Wildman–Crippen LogP) is 5.06. The zero-order valence-electron chi connectivity index (χ0n) is 11.6. The Bertz CT molecular complexity index is 308. The third-order valence-corrected chi connectivity index (χ3v) is 2.92. The maximum Gasteiger partial charge on any atom is -0.0279 e. The number of unbranched alkanes of at least 4 members (excludes halogenated alkanes) is 1. The van der Waals surface area contributed by atoms with Gasteiger partial charge in [0.1, 0.15) is 0 Å². The Kier molecular flexibility index (Phi) is 4.58. The molecule has 0 saturated carbocycles. The second kappa shape index (κ2) is 5.52. The fourth-order valence-corrected chi connectivity index (χ4v) is 2.20. The summed E-state index contributed by atoms with van der Waals surface area (Å²) in [4.78, 5) is 0. The highest BCUT2D eigenvalue weighted by Gasteiger charge is 2.08. The van der Waals surface area contributed by atoms with Gasteiger partial charge in [-0.25, -0.2) is 0 Å². The van der Waals surface area contributed by atoms with Crippen molar-refractivity contribution in [3.63, 3.8) is 0 Å². The smallest absolute Gasteiger partial charge is 0.0279 e. The molecule has 0 aliphatic heterocycles. The van der Waals surface area contributed by atoms with Crippen molar-refractivity contribution in [3.8, 4) is 0 Å². The number of hydrogen-bond acceptors (Lipinski definition) is 0. The van der Waals surface area contributed by atoms with E-state index in [2.05, 4.69) is 52.8 Å². The van der Waals surface area contributed by atoms with Crippen molar-refractivity contribution in [2.45, 2.75) is 60.3 Å². The maximum atomic E-state index is 2.32. The Morgan fingerprint density at radius 2 is 1.44 bits per heavy atom. The zero-order valence-corrected chi connectivity index (χ0v) is 11.6. The third-order valence-electron chi connectivity index (χ3n) is 2.92. The Labute approximate surface area is 101 Å². The Balaban J connectivity index is 2.37. The summed E-state index contributed by atoms with van der Waals surface area (Å²) in [6.45, 7) is 11.3. The summed E-state index contributed by atoms with van der Waals surface area (Å²) in [5.41, 5.74) is 4.78. The molecule has 0 heteroatoms. The quantitative estimate of drug-likeness (QED) is 0.619. The Morgan fingerprint density at radius 1 is 0.875 bits per heavy atom. The molecule has 1 aromatic carbocycles. The molecule has 0 bridgehead atoms. The molecule has 0 N–H and O–H groups in total. The summed E-state index contributed by atoms with van der Waals surface area (Å²) in [6, 6.07) is 6.90. The molecule has 1 aromatic rings. The van der Waals surface area contributed by atoms with Gasteiger partial charge in [0, 0.05) is 0 Å². The Hall–Kier alpha value is -0.780. The summed E-state index contributed by atoms with van der Waals surface area (Å²) in [5.74, 6) is 0. The van der Waals surface area contributed by atoms with E-state index in [9.17, 15) is 0 Å². The van der Waals surface area contributed by atoms with Crippen LogP contribution in [0, 0.1) is 19.3 Å². The van der Waals surface area contributed by atoms with Crippen LogP contribution in [0.3, 0.4) is 0 Å². The molecular formula is C16H26. The fraction of sp³-hybridized carbons (Fsp3) is 0.625. The van der Waals surface area contributed by atoms with Crippen LogP contribution in [0.5, 0.6) is 0 Å². The zero-order chi connectivity index (χ0) is 12.2. The lowest BCUT2D eigenvalue weighted by molar-refractivity contribution is 0.360. The maximum absolute atomic E-state index is 2.32. The van der Waals surface area contributed by atoms with Gasteiger partial charge in [0.05, 0.1) is 0 Å². The van der Waals surface area contributed by atoms with E-state index in [-0.39, 0.29) is 0 Å². The van der Waals surface area contributed by atoms with Crippen molar-refractivity contribution in [2.24, 2.45) is 5.41 Å². The van der Waals surface area contributed by atoms with E-state index in [1.165, 1.54) is 42.4 Å². The molecule has 0 unspecified atom stereocenters. The molecule has 0 aliphatic carbocycles. The van der Waals surface area contributed by atoms with Crippen LogP contribution in [0.2, 0.25) is 0 Å². The largest absolute Gasteiger partial charge is 0.0602 e. The molecule has 0 aliphatic rings. The normalized spacial score (nSPS) is 11.8. The van der Waals surface area contributed by atoms with Crippen LogP contribution in [0.1, 0.15) is 56.7 Å². The Morgan fingerprint density at radius 3 is 1.94 bits per heavy atom. The molecule has 0 spiro atoms. The first-order chi connectivity index (χ1) is 7.37. The van der Waals surface area contributed by atoms with Gasteiger partial charge in [0.25, 0.3) is 0 Å². The number of hydrogen-bond donors (Lipinski definition) is 0. The molecule has 1 rings (SSSR count). The first-order valence-corrected chi connectivity index (χ1v) is 6.44. The van der Waals surface area contributed by atoms with Gasteiger partial charge in [-0.15, -0.1) is 0 Å². The van der Waals surface area contributed by atoms with Gasteiger partial charge in [-0.2, -0.15) is 0 Å². The minimum absolute atomic E-state index is 0.489. The van der Waals surface area contributed by atoms with Crippen LogP contribution in [-0.2, 0) is 6.42 Å². The van der Waals surface area contributed by atoms with Crippen LogP contribution in [0.4, 0.5) is 0 Å². The number of benzene rings is 1. The van der Waals surface area contributed by atoms with E-state index in [0.717, 1.165) is 0 Å². The van der Waals surface area contributed by atoms with E-state index in [1.54, 1.807) is 0 Å². The van der Waals surface area contributed by atoms with Crippen molar-refractivity contribution in [2.75, 3.05) is 0 Å². The van der Waals surface area contributed by atoms with Crippen LogP contribution >= 0.6 is 0 Å². The lowest BCUT2D eigenvalue weighted by Crippen LogP contribution is -2.04. The summed E-state index contributed by atoms with van der Waals surface area (Å²) in [7, 11) is 0. The van der Waals surface area contributed by atoms with Crippen LogP contribution in [0.15, 0.2) is 18.2 Å². The van der Waals surface area contributed by atoms with E-state index in [0.29, 0.717) is 5.41 Å². The van der Waals surface area contributed by atoms with Crippen LogP contribution in [-0.4, -0.2) is 0 Å². The van der Waals surface area contributed by atoms with Gasteiger partial charge in [-0.1, -0.05) is 56.5 Å². The monoisotopic (exact) mass is 218 g/mol. The summed E-state index contributed by atoms with van der Waals surface area (Å²) >= 11 is 0. The summed E-state index contributed by atoms with van der Waals surface area (Å²) < 4.78 is 0. The van der Waals surface area contributed by atoms with E-state index >= 15 is 0 Å². The second-order valence-corrected chi connectivity index (χ2v) is 6.26. The lowest BCUT2D eigenvalue weighted by Gasteiger charge is -2.17. The summed E-state index contributed by atoms with van der Waals surface area (Å²) in [6.07, 6.45) is 5.23. The van der Waals surface area contributed by atoms with Crippen molar-refractivity contribution >= 4 is 0 Å². The van der Waals surface area contributed by atoms with Gasteiger partial charge in [0.15, 0.2) is 0 Å². The fourth-order valence-electron chi connectivity index (χ4n) is 2.20. The van der Waals surface area contributed by atoms with Crippen molar-refractivity contribution < 1.29 is 0 Å². The van der Waals surface area contributed by atoms with Crippen molar-refractivity contribution in [1.29, 1.82) is 0 Å². The molecule has 0 atom stereocenters. The van der Waals surface area contributed by atoms with Gasteiger partial charge < -0.3 is 0 Å². The first-order valence-electron chi connectivity index (χ1n) is 6.44. The average molecular weight is 218 g/mol. The molecule has 0 nitrogen and oxygen atoms in total. The highest BCUT2D eigenvalue weighted by atomic mass is 14.1. The van der Waals surface area contributed by atoms with Crippen LogP contribution < -0.4 is 0 Å². The van der Waals surface area contributed by atoms with Crippen molar-refractivity contribution in [3.05, 3.63) is 34.9 Å². The molecular weight excluding hydrogens is 192 g/mol. The van der Waals surface area contributed by atoms with Gasteiger partial charge in [-0.05, 0) is 44.1 Å². The highest BCUT2D eigenvalue weighted by molar-refractivity contribution is 5.28. The van der Waals surface area contributed by atoms with Gasteiger partial charge in [-0.3, -0.25) is 0 Å². The topological polar surface area (TPSA) is 0 Å². The second-order valence-electron chi connectivity index (χ2n) is 6.26. The molecule has 0 fully saturated rings. The minimum Gasteiger partial charge on any atom is -0.0602 e. The standard InChI is InChI=1S/C16H26/c1-13-10-14(2)12-15(11-13)8-6-7-9-16(3,4)5/h10-12H,6-9H2,1-5H3. The van der Waals surface area contributed by atoms with E-state index in [4.69, 9.17) is 0 Å². The summed E-state index contributed by atoms with van der Waals surface area (Å²) in [5, 5.41) is 0. The third kappa shape index (κ3) is 5.34. The van der Waals surface area contributed by atoms with E-state index < -0.39 is 0 Å². The van der Waals surface area contributed by atoms with Gasteiger partial charge >= 0.3 is 0 Å². The highest BCUT2D eigenvalue weighted by Crippen LogP contribution is 2.22. The molecule has 0 heterocycles.